The van der Waals surface area contributed by atoms with Gasteiger partial charge >= 0.3 is 0 Å². The van der Waals surface area contributed by atoms with E-state index in [0.717, 1.165) is 10.2 Å². The van der Waals surface area contributed by atoms with Crippen molar-refractivity contribution in [2.24, 2.45) is 0 Å². The van der Waals surface area contributed by atoms with Gasteiger partial charge in [0, 0.05) is 11.8 Å². The van der Waals surface area contributed by atoms with Gasteiger partial charge in [0.2, 0.25) is 0 Å². The van der Waals surface area contributed by atoms with E-state index >= 15 is 0 Å². The summed E-state index contributed by atoms with van der Waals surface area (Å²) in [5.74, 6) is -0.295. The van der Waals surface area contributed by atoms with E-state index in [0.29, 0.717) is 11.3 Å². The van der Waals surface area contributed by atoms with Crippen molar-refractivity contribution in [1.82, 2.24) is 9.78 Å². The van der Waals surface area contributed by atoms with Crippen LogP contribution in [0.4, 0.5) is 14.5 Å². The molecular formula is C13H13F2N3O. The minimum Gasteiger partial charge on any atom is -0.319 e. The van der Waals surface area contributed by atoms with Crippen LogP contribution < -0.4 is 5.32 Å². The Labute approximate surface area is 109 Å². The fourth-order valence-corrected chi connectivity index (χ4v) is 1.58. The van der Waals surface area contributed by atoms with Gasteiger partial charge in [-0.25, -0.2) is 8.78 Å². The van der Waals surface area contributed by atoms with Crippen LogP contribution in [0.2, 0.25) is 0 Å². The second-order valence-electron chi connectivity index (χ2n) is 4.16. The van der Waals surface area contributed by atoms with E-state index < -0.39 is 13.0 Å². The maximum Gasteiger partial charge on any atom is 0.257 e. The Hall–Kier alpha value is -2.24. The summed E-state index contributed by atoms with van der Waals surface area (Å²) in [5, 5.41) is 6.34. The van der Waals surface area contributed by atoms with Crippen molar-refractivity contribution in [2.75, 3.05) is 5.32 Å². The maximum absolute atomic E-state index is 12.1. The monoisotopic (exact) mass is 265 g/mol. The molecule has 19 heavy (non-hydrogen) atoms. The summed E-state index contributed by atoms with van der Waals surface area (Å²) >= 11 is 0. The molecule has 0 bridgehead atoms. The number of carbonyl (C=O) groups is 1. The van der Waals surface area contributed by atoms with Crippen molar-refractivity contribution in [3.8, 4) is 0 Å². The van der Waals surface area contributed by atoms with Gasteiger partial charge in [-0.3, -0.25) is 9.48 Å². The molecule has 1 heterocycles. The third-order valence-corrected chi connectivity index (χ3v) is 2.53. The molecule has 1 aromatic carbocycles. The highest BCUT2D eigenvalue weighted by Gasteiger charge is 2.09. The summed E-state index contributed by atoms with van der Waals surface area (Å²) in [6.07, 6.45) is 0.243. The molecule has 0 unspecified atom stereocenters. The number of aromatic nitrogens is 2. The fourth-order valence-electron chi connectivity index (χ4n) is 1.58. The molecule has 0 spiro atoms. The minimum atomic E-state index is -2.47. The quantitative estimate of drug-likeness (QED) is 0.923. The number of hydrogen-bond donors (Lipinski definition) is 1. The van der Waals surface area contributed by atoms with E-state index in [1.54, 1.807) is 12.1 Å². The van der Waals surface area contributed by atoms with E-state index in [4.69, 9.17) is 0 Å². The van der Waals surface area contributed by atoms with Crippen LogP contribution >= 0.6 is 0 Å². The molecule has 100 valence electrons. The second kappa shape index (κ2) is 5.60. The van der Waals surface area contributed by atoms with Gasteiger partial charge in [-0.2, -0.15) is 5.10 Å². The predicted molar refractivity (Wildman–Crippen MR) is 67.4 cm³/mol. The molecular weight excluding hydrogens is 252 g/mol. The minimum absolute atomic E-state index is 0.295. The molecule has 0 fully saturated rings. The predicted octanol–water partition coefficient (Wildman–Crippen LogP) is 2.71. The number of hydrogen-bond acceptors (Lipinski definition) is 2. The van der Waals surface area contributed by atoms with E-state index in [2.05, 4.69) is 10.4 Å². The first kappa shape index (κ1) is 13.2. The number of amides is 1. The van der Waals surface area contributed by atoms with E-state index in [-0.39, 0.29) is 5.91 Å². The number of carbonyl (C=O) groups excluding carboxylic acids is 1. The maximum atomic E-state index is 12.1. The van der Waals surface area contributed by atoms with E-state index in [1.165, 1.54) is 12.4 Å². The van der Waals surface area contributed by atoms with Gasteiger partial charge in [0.15, 0.2) is 0 Å². The zero-order valence-electron chi connectivity index (χ0n) is 10.3. The first-order valence-corrected chi connectivity index (χ1v) is 5.73. The van der Waals surface area contributed by atoms with Gasteiger partial charge in [0.05, 0.1) is 11.9 Å². The molecule has 2 aromatic rings. The molecule has 0 aliphatic rings. The molecule has 2 rings (SSSR count). The van der Waals surface area contributed by atoms with Crippen molar-refractivity contribution in [3.63, 3.8) is 0 Å². The molecule has 4 nitrogen and oxygen atoms in total. The second-order valence-corrected chi connectivity index (χ2v) is 4.16. The van der Waals surface area contributed by atoms with Crippen LogP contribution in [0, 0.1) is 6.92 Å². The highest BCUT2D eigenvalue weighted by Crippen LogP contribution is 2.10. The van der Waals surface area contributed by atoms with Crippen LogP contribution in [0.5, 0.6) is 0 Å². The summed E-state index contributed by atoms with van der Waals surface area (Å²) in [5.41, 5.74) is 1.96. The van der Waals surface area contributed by atoms with Crippen molar-refractivity contribution in [1.29, 1.82) is 0 Å². The molecule has 1 aromatic heterocycles. The number of halogens is 2. The lowest BCUT2D eigenvalue weighted by Gasteiger charge is -2.02. The first-order valence-electron chi connectivity index (χ1n) is 5.73. The van der Waals surface area contributed by atoms with E-state index in [1.807, 2.05) is 19.1 Å². The zero-order chi connectivity index (χ0) is 13.8. The Morgan fingerprint density at radius 1 is 1.37 bits per heavy atom. The largest absolute Gasteiger partial charge is 0.319 e. The lowest BCUT2D eigenvalue weighted by atomic mass is 10.1. The Morgan fingerprint density at radius 2 is 2.05 bits per heavy atom. The van der Waals surface area contributed by atoms with Gasteiger partial charge in [-0.05, 0) is 19.1 Å². The van der Waals surface area contributed by atoms with Crippen molar-refractivity contribution < 1.29 is 13.6 Å². The molecule has 1 N–H and O–H groups in total. The van der Waals surface area contributed by atoms with Crippen molar-refractivity contribution in [2.45, 2.75) is 19.9 Å². The Kier molecular flexibility index (Phi) is 3.89. The zero-order valence-corrected chi connectivity index (χ0v) is 10.3. The standard InChI is InChI=1S/C13H13F2N3O/c1-9-2-4-10(5-3-9)13(19)17-11-6-16-18(7-11)8-12(14)15/h2-7,12H,8H2,1H3,(H,17,19). The van der Waals surface area contributed by atoms with Gasteiger partial charge < -0.3 is 5.32 Å². The van der Waals surface area contributed by atoms with Crippen LogP contribution in [-0.4, -0.2) is 22.1 Å². The lowest BCUT2D eigenvalue weighted by Crippen LogP contribution is -2.11. The number of anilines is 1. The molecule has 1 amide bonds. The number of benzene rings is 1. The van der Waals surface area contributed by atoms with Gasteiger partial charge in [0.1, 0.15) is 6.54 Å². The molecule has 0 aliphatic heterocycles. The summed E-state index contributed by atoms with van der Waals surface area (Å²) in [6.45, 7) is 1.44. The number of nitrogens with one attached hydrogen (secondary N) is 1. The average molecular weight is 265 g/mol. The SMILES string of the molecule is Cc1ccc(C(=O)Nc2cnn(CC(F)F)c2)cc1. The van der Waals surface area contributed by atoms with E-state index in [9.17, 15) is 13.6 Å². The summed E-state index contributed by atoms with van der Waals surface area (Å²) in [4.78, 5) is 11.9. The number of nitrogens with zero attached hydrogens (tertiary/aromatic N) is 2. The Morgan fingerprint density at radius 3 is 2.68 bits per heavy atom. The lowest BCUT2D eigenvalue weighted by molar-refractivity contribution is 0.102. The smallest absolute Gasteiger partial charge is 0.257 e. The summed E-state index contributed by atoms with van der Waals surface area (Å²) in [6, 6.07) is 7.06. The normalized spacial score (nSPS) is 10.7. The molecule has 0 atom stereocenters. The number of rotatable bonds is 4. The first-order chi connectivity index (χ1) is 9.04. The van der Waals surface area contributed by atoms with Crippen LogP contribution in [0.15, 0.2) is 36.7 Å². The van der Waals surface area contributed by atoms with Crippen molar-refractivity contribution >= 4 is 11.6 Å². The molecule has 0 saturated carbocycles. The molecule has 6 heteroatoms. The topological polar surface area (TPSA) is 46.9 Å². The summed E-state index contributed by atoms with van der Waals surface area (Å²) in [7, 11) is 0. The van der Waals surface area contributed by atoms with Gasteiger partial charge in [-0.1, -0.05) is 17.7 Å². The third-order valence-electron chi connectivity index (χ3n) is 2.53. The fraction of sp³-hybridized carbons (Fsp3) is 0.231. The Balaban J connectivity index is 2.02. The number of aryl methyl sites for hydroxylation is 1. The highest BCUT2D eigenvalue weighted by molar-refractivity contribution is 6.04. The molecule has 0 aliphatic carbocycles. The van der Waals surface area contributed by atoms with Crippen LogP contribution in [0.25, 0.3) is 0 Å². The molecule has 0 radical (unpaired) electrons. The average Bonchev–Trinajstić information content (AvgIpc) is 2.76. The number of alkyl halides is 2. The van der Waals surface area contributed by atoms with Crippen LogP contribution in [-0.2, 0) is 6.54 Å². The van der Waals surface area contributed by atoms with Gasteiger partial charge in [-0.15, -0.1) is 0 Å². The van der Waals surface area contributed by atoms with Gasteiger partial charge in [0.25, 0.3) is 12.3 Å². The van der Waals surface area contributed by atoms with Crippen LogP contribution in [0.1, 0.15) is 15.9 Å². The van der Waals surface area contributed by atoms with Crippen LogP contribution in [0.3, 0.4) is 0 Å². The summed E-state index contributed by atoms with van der Waals surface area (Å²) < 4.78 is 25.4. The third kappa shape index (κ3) is 3.61. The molecule has 0 saturated heterocycles. The highest BCUT2D eigenvalue weighted by atomic mass is 19.3. The Bertz CT molecular complexity index is 564. The van der Waals surface area contributed by atoms with Crippen molar-refractivity contribution in [3.05, 3.63) is 47.8 Å².